The van der Waals surface area contributed by atoms with E-state index in [9.17, 15) is 8.42 Å². The lowest BCUT2D eigenvalue weighted by Crippen LogP contribution is -2.37. The van der Waals surface area contributed by atoms with Crippen LogP contribution in [0.1, 0.15) is 33.3 Å². The zero-order chi connectivity index (χ0) is 14.7. The largest absolute Gasteiger partial charge is 0.398 e. The fourth-order valence-corrected chi connectivity index (χ4v) is 2.79. The maximum Gasteiger partial charge on any atom is 0.215 e. The highest BCUT2D eigenvalue weighted by atomic mass is 32.2. The van der Waals surface area contributed by atoms with Gasteiger partial charge in [-0.3, -0.25) is 0 Å². The molecule has 0 atom stereocenters. The van der Waals surface area contributed by atoms with Crippen molar-refractivity contribution in [1.82, 2.24) is 4.72 Å². The second kappa shape index (κ2) is 5.92. The molecule has 1 rings (SSSR count). The second-order valence-electron chi connectivity index (χ2n) is 5.92. The first-order valence-electron chi connectivity index (χ1n) is 6.45. The van der Waals surface area contributed by atoms with Gasteiger partial charge in [0, 0.05) is 12.2 Å². The van der Waals surface area contributed by atoms with Crippen LogP contribution in [0.2, 0.25) is 0 Å². The molecule has 108 valence electrons. The summed E-state index contributed by atoms with van der Waals surface area (Å²) in [5, 5.41) is 0. The van der Waals surface area contributed by atoms with Crippen LogP contribution in [0.3, 0.4) is 0 Å². The van der Waals surface area contributed by atoms with E-state index in [0.29, 0.717) is 23.7 Å². The third-order valence-electron chi connectivity index (χ3n) is 3.71. The average Bonchev–Trinajstić information content (AvgIpc) is 2.30. The molecule has 0 saturated heterocycles. The van der Waals surface area contributed by atoms with Crippen molar-refractivity contribution in [3.63, 3.8) is 0 Å². The molecule has 1 aromatic rings. The van der Waals surface area contributed by atoms with Gasteiger partial charge in [-0.05, 0) is 23.0 Å². The highest BCUT2D eigenvalue weighted by Gasteiger charge is 2.24. The summed E-state index contributed by atoms with van der Waals surface area (Å²) in [6.07, 6.45) is 0. The Morgan fingerprint density at radius 1 is 1.26 bits per heavy atom. The molecule has 0 aliphatic carbocycles. The fraction of sp³-hybridized carbons (Fsp3) is 0.571. The highest BCUT2D eigenvalue weighted by Crippen LogP contribution is 2.25. The molecule has 3 N–H and O–H groups in total. The van der Waals surface area contributed by atoms with E-state index < -0.39 is 10.0 Å². The molecule has 0 unspecified atom stereocenters. The summed E-state index contributed by atoms with van der Waals surface area (Å²) in [5.74, 6) is 0.324. The number of nitrogens with two attached hydrogens (primary N) is 1. The summed E-state index contributed by atoms with van der Waals surface area (Å²) < 4.78 is 26.8. The molecular formula is C14H24N2O2S. The zero-order valence-electron chi connectivity index (χ0n) is 12.1. The van der Waals surface area contributed by atoms with Gasteiger partial charge in [0.25, 0.3) is 0 Å². The average molecular weight is 284 g/mol. The van der Waals surface area contributed by atoms with Gasteiger partial charge in [-0.1, -0.05) is 45.9 Å². The van der Waals surface area contributed by atoms with Crippen molar-refractivity contribution in [2.75, 3.05) is 12.3 Å². The van der Waals surface area contributed by atoms with E-state index in [0.717, 1.165) is 0 Å². The van der Waals surface area contributed by atoms with Gasteiger partial charge in [0.1, 0.15) is 0 Å². The summed E-state index contributed by atoms with van der Waals surface area (Å²) in [6, 6.07) is 7.03. The van der Waals surface area contributed by atoms with Crippen molar-refractivity contribution in [3.8, 4) is 0 Å². The van der Waals surface area contributed by atoms with Gasteiger partial charge < -0.3 is 5.73 Å². The number of nitrogen functional groups attached to an aromatic ring is 1. The molecule has 0 amide bonds. The first-order valence-corrected chi connectivity index (χ1v) is 8.10. The van der Waals surface area contributed by atoms with Crippen LogP contribution in [-0.4, -0.2) is 15.0 Å². The van der Waals surface area contributed by atoms with Gasteiger partial charge in [0.2, 0.25) is 10.0 Å². The molecule has 0 spiro atoms. The lowest BCUT2D eigenvalue weighted by atomic mass is 9.81. The minimum atomic E-state index is -3.35. The van der Waals surface area contributed by atoms with E-state index >= 15 is 0 Å². The van der Waals surface area contributed by atoms with Crippen molar-refractivity contribution >= 4 is 15.7 Å². The number of para-hydroxylation sites is 1. The molecule has 0 aliphatic rings. The van der Waals surface area contributed by atoms with Gasteiger partial charge in [0.15, 0.2) is 0 Å². The Hall–Kier alpha value is -1.07. The number of hydrogen-bond acceptors (Lipinski definition) is 3. The molecular weight excluding hydrogens is 260 g/mol. The van der Waals surface area contributed by atoms with E-state index in [1.807, 2.05) is 0 Å². The SMILES string of the molecule is CC(C)C(C)(C)CNS(=O)(=O)Cc1ccccc1N. The first kappa shape index (κ1) is 16.0. The predicted molar refractivity (Wildman–Crippen MR) is 80.1 cm³/mol. The molecule has 19 heavy (non-hydrogen) atoms. The van der Waals surface area contributed by atoms with Gasteiger partial charge in [-0.25, -0.2) is 13.1 Å². The topological polar surface area (TPSA) is 72.2 Å². The fourth-order valence-electron chi connectivity index (χ4n) is 1.42. The standard InChI is InChI=1S/C14H24N2O2S/c1-11(2)14(3,4)10-16-19(17,18)9-12-7-5-6-8-13(12)15/h5-8,11,16H,9-10,15H2,1-4H3. The number of benzene rings is 1. The normalized spacial score (nSPS) is 12.9. The van der Waals surface area contributed by atoms with Gasteiger partial charge in [-0.15, -0.1) is 0 Å². The van der Waals surface area contributed by atoms with Crippen LogP contribution in [0.5, 0.6) is 0 Å². The van der Waals surface area contributed by atoms with Crippen molar-refractivity contribution in [2.45, 2.75) is 33.4 Å². The van der Waals surface area contributed by atoms with Crippen molar-refractivity contribution in [3.05, 3.63) is 29.8 Å². The third kappa shape index (κ3) is 4.84. The van der Waals surface area contributed by atoms with Crippen molar-refractivity contribution < 1.29 is 8.42 Å². The van der Waals surface area contributed by atoms with E-state index in [-0.39, 0.29) is 11.2 Å². The maximum atomic E-state index is 12.1. The predicted octanol–water partition coefficient (Wildman–Crippen LogP) is 2.37. The molecule has 0 heterocycles. The number of sulfonamides is 1. The molecule has 0 radical (unpaired) electrons. The van der Waals surface area contributed by atoms with E-state index in [2.05, 4.69) is 32.4 Å². The molecule has 0 saturated carbocycles. The van der Waals surface area contributed by atoms with Crippen LogP contribution < -0.4 is 10.5 Å². The van der Waals surface area contributed by atoms with Crippen LogP contribution in [0.4, 0.5) is 5.69 Å². The monoisotopic (exact) mass is 284 g/mol. The minimum Gasteiger partial charge on any atom is -0.398 e. The highest BCUT2D eigenvalue weighted by molar-refractivity contribution is 7.88. The molecule has 0 fully saturated rings. The van der Waals surface area contributed by atoms with Crippen LogP contribution in [0, 0.1) is 11.3 Å². The zero-order valence-corrected chi connectivity index (χ0v) is 12.9. The number of nitrogens with one attached hydrogen (secondary N) is 1. The summed E-state index contributed by atoms with van der Waals surface area (Å²) in [6.45, 7) is 8.71. The Bertz CT molecular complexity index is 522. The number of anilines is 1. The van der Waals surface area contributed by atoms with E-state index in [1.54, 1.807) is 24.3 Å². The summed E-state index contributed by atoms with van der Waals surface area (Å²) in [7, 11) is -3.35. The molecule has 1 aromatic carbocycles. The molecule has 5 heteroatoms. The molecule has 0 aromatic heterocycles. The Kier molecular flexibility index (Phi) is 4.98. The Labute approximate surface area is 116 Å². The maximum absolute atomic E-state index is 12.1. The van der Waals surface area contributed by atoms with Crippen molar-refractivity contribution in [1.29, 1.82) is 0 Å². The Morgan fingerprint density at radius 3 is 2.37 bits per heavy atom. The smallest absolute Gasteiger partial charge is 0.215 e. The molecule has 0 bridgehead atoms. The van der Waals surface area contributed by atoms with Crippen LogP contribution in [-0.2, 0) is 15.8 Å². The summed E-state index contributed by atoms with van der Waals surface area (Å²) in [5.41, 5.74) is 6.84. The summed E-state index contributed by atoms with van der Waals surface area (Å²) >= 11 is 0. The van der Waals surface area contributed by atoms with Gasteiger partial charge in [-0.2, -0.15) is 0 Å². The van der Waals surface area contributed by atoms with Gasteiger partial charge in [0.05, 0.1) is 5.75 Å². The Balaban J connectivity index is 2.71. The van der Waals surface area contributed by atoms with E-state index in [1.165, 1.54) is 0 Å². The molecule has 4 nitrogen and oxygen atoms in total. The van der Waals surface area contributed by atoms with Gasteiger partial charge >= 0.3 is 0 Å². The van der Waals surface area contributed by atoms with Crippen molar-refractivity contribution in [2.24, 2.45) is 11.3 Å². The number of hydrogen-bond donors (Lipinski definition) is 2. The quantitative estimate of drug-likeness (QED) is 0.788. The first-order chi connectivity index (χ1) is 8.64. The van der Waals surface area contributed by atoms with Crippen LogP contribution in [0.15, 0.2) is 24.3 Å². The lowest BCUT2D eigenvalue weighted by Gasteiger charge is -2.29. The summed E-state index contributed by atoms with van der Waals surface area (Å²) in [4.78, 5) is 0. The molecule has 0 aliphatic heterocycles. The van der Waals surface area contributed by atoms with Crippen LogP contribution in [0.25, 0.3) is 0 Å². The third-order valence-corrected chi connectivity index (χ3v) is 4.99. The number of rotatable bonds is 6. The second-order valence-corrected chi connectivity index (χ2v) is 7.73. The Morgan fingerprint density at radius 2 is 1.84 bits per heavy atom. The minimum absolute atomic E-state index is 0.0741. The van der Waals surface area contributed by atoms with Crippen LogP contribution >= 0.6 is 0 Å². The lowest BCUT2D eigenvalue weighted by molar-refractivity contribution is 0.252. The van der Waals surface area contributed by atoms with E-state index in [4.69, 9.17) is 5.73 Å².